The van der Waals surface area contributed by atoms with Gasteiger partial charge in [-0.3, -0.25) is 0 Å². The lowest BCUT2D eigenvalue weighted by molar-refractivity contribution is -0.201. The predicted octanol–water partition coefficient (Wildman–Crippen LogP) is 1.73. The molecule has 0 radical (unpaired) electrons. The summed E-state index contributed by atoms with van der Waals surface area (Å²) in [6, 6.07) is 7.87. The summed E-state index contributed by atoms with van der Waals surface area (Å²) in [5, 5.41) is 0. The van der Waals surface area contributed by atoms with Crippen LogP contribution in [0.4, 0.5) is 0 Å². The van der Waals surface area contributed by atoms with Crippen molar-refractivity contribution in [2.24, 2.45) is 0 Å². The summed E-state index contributed by atoms with van der Waals surface area (Å²) in [5.41, 5.74) is 0. The van der Waals surface area contributed by atoms with E-state index in [0.717, 1.165) is 0 Å². The number of rotatable bonds is 5. The highest BCUT2D eigenvalue weighted by Gasteiger charge is 2.14. The number of hydrogen-bond acceptors (Lipinski definition) is 4. The molecule has 0 atom stereocenters. The Morgan fingerprint density at radius 3 is 2.43 bits per heavy atom. The fraction of sp³-hybridized carbons (Fsp3) is 0.333. The van der Waals surface area contributed by atoms with Crippen molar-refractivity contribution in [1.29, 1.82) is 0 Å². The second kappa shape index (κ2) is 5.09. The fourth-order valence-corrected chi connectivity index (χ4v) is 1.57. The van der Waals surface area contributed by atoms with Crippen LogP contribution in [0, 0.1) is 0 Å². The van der Waals surface area contributed by atoms with E-state index in [2.05, 4.69) is 9.22 Å². The molecule has 78 valence electrons. The van der Waals surface area contributed by atoms with Crippen LogP contribution in [0.1, 0.15) is 13.3 Å². The summed E-state index contributed by atoms with van der Waals surface area (Å²) in [6.07, 6.45) is 0.699. The Bertz CT molecular complexity index is 358. The van der Waals surface area contributed by atoms with Gasteiger partial charge in [0, 0.05) is 0 Å². The Morgan fingerprint density at radius 2 is 1.86 bits per heavy atom. The molecule has 0 bridgehead atoms. The minimum atomic E-state index is -3.75. The highest BCUT2D eigenvalue weighted by molar-refractivity contribution is 7.86. The van der Waals surface area contributed by atoms with Gasteiger partial charge in [0.05, 0.1) is 11.5 Å². The molecule has 0 aliphatic heterocycles. The normalized spacial score (nSPS) is 11.5. The third kappa shape index (κ3) is 3.10. The minimum absolute atomic E-state index is 0.0936. The average molecular weight is 216 g/mol. The highest BCUT2D eigenvalue weighted by Crippen LogP contribution is 2.11. The quantitative estimate of drug-likeness (QED) is 0.427. The van der Waals surface area contributed by atoms with Crippen molar-refractivity contribution in [2.75, 3.05) is 6.61 Å². The van der Waals surface area contributed by atoms with Crippen LogP contribution in [0.5, 0.6) is 0 Å². The average Bonchev–Trinajstić information content (AvgIpc) is 2.19. The van der Waals surface area contributed by atoms with Gasteiger partial charge < -0.3 is 0 Å². The van der Waals surface area contributed by atoms with Gasteiger partial charge in [0.1, 0.15) is 0 Å². The van der Waals surface area contributed by atoms with Crippen molar-refractivity contribution in [2.45, 2.75) is 18.2 Å². The summed E-state index contributed by atoms with van der Waals surface area (Å²) in [4.78, 5) is 4.61. The highest BCUT2D eigenvalue weighted by atomic mass is 32.2. The maximum absolute atomic E-state index is 11.4. The summed E-state index contributed by atoms with van der Waals surface area (Å²) in [7, 11) is -3.75. The molecule has 5 heteroatoms. The van der Waals surface area contributed by atoms with Gasteiger partial charge in [-0.05, 0) is 18.6 Å². The van der Waals surface area contributed by atoms with E-state index in [0.29, 0.717) is 6.42 Å². The molecule has 1 aromatic rings. The first-order chi connectivity index (χ1) is 6.67. The van der Waals surface area contributed by atoms with E-state index in [9.17, 15) is 8.42 Å². The summed E-state index contributed by atoms with van der Waals surface area (Å²) in [6.45, 7) is 2.12. The molecule has 4 nitrogen and oxygen atoms in total. The number of hydrogen-bond donors (Lipinski definition) is 0. The first-order valence-corrected chi connectivity index (χ1v) is 5.69. The zero-order valence-corrected chi connectivity index (χ0v) is 8.66. The molecule has 1 aromatic carbocycles. The van der Waals surface area contributed by atoms with Gasteiger partial charge in [-0.1, -0.05) is 25.1 Å². The van der Waals surface area contributed by atoms with Crippen LogP contribution in [0.25, 0.3) is 0 Å². The third-order valence-corrected chi connectivity index (χ3v) is 2.58. The van der Waals surface area contributed by atoms with Gasteiger partial charge >= 0.3 is 10.1 Å². The van der Waals surface area contributed by atoms with Crippen LogP contribution in [0.3, 0.4) is 0 Å². The monoisotopic (exact) mass is 216 g/mol. The second-order valence-electron chi connectivity index (χ2n) is 2.66. The molecule has 0 spiro atoms. The molecule has 1 rings (SSSR count). The molecule has 0 fully saturated rings. The molecule has 0 unspecified atom stereocenters. The van der Waals surface area contributed by atoms with E-state index in [-0.39, 0.29) is 11.5 Å². The molecule has 0 aliphatic rings. The van der Waals surface area contributed by atoms with Crippen LogP contribution in [-0.4, -0.2) is 15.0 Å². The fourth-order valence-electron chi connectivity index (χ4n) is 0.807. The predicted molar refractivity (Wildman–Crippen MR) is 51.0 cm³/mol. The topological polar surface area (TPSA) is 52.6 Å². The maximum Gasteiger partial charge on any atom is 0.323 e. The standard InChI is InChI=1S/C9H12O4S/c1-2-8-12-13-14(10,11)9-6-4-3-5-7-9/h3-7H,2,8H2,1H3. The smallest absolute Gasteiger partial charge is 0.220 e. The second-order valence-corrected chi connectivity index (χ2v) is 4.17. The minimum Gasteiger partial charge on any atom is -0.220 e. The maximum atomic E-state index is 11.4. The van der Waals surface area contributed by atoms with Gasteiger partial charge in [-0.25, -0.2) is 4.89 Å². The Labute approximate surface area is 83.5 Å². The van der Waals surface area contributed by atoms with Crippen LogP contribution in [0.15, 0.2) is 35.2 Å². The zero-order valence-electron chi connectivity index (χ0n) is 7.84. The van der Waals surface area contributed by atoms with Crippen molar-refractivity contribution < 1.29 is 17.6 Å². The van der Waals surface area contributed by atoms with Crippen LogP contribution >= 0.6 is 0 Å². The Balaban J connectivity index is 2.67. The largest absolute Gasteiger partial charge is 0.323 e. The van der Waals surface area contributed by atoms with Crippen LogP contribution < -0.4 is 0 Å². The van der Waals surface area contributed by atoms with E-state index >= 15 is 0 Å². The van der Waals surface area contributed by atoms with Crippen molar-refractivity contribution in [1.82, 2.24) is 0 Å². The zero-order chi connectivity index (χ0) is 10.4. The van der Waals surface area contributed by atoms with Crippen LogP contribution in [0.2, 0.25) is 0 Å². The lowest BCUT2D eigenvalue weighted by Gasteiger charge is -2.02. The molecule has 0 amide bonds. The first-order valence-electron chi connectivity index (χ1n) is 4.28. The Morgan fingerprint density at radius 1 is 1.21 bits per heavy atom. The molecule has 0 N–H and O–H groups in total. The lowest BCUT2D eigenvalue weighted by atomic mass is 10.4. The van der Waals surface area contributed by atoms with E-state index in [4.69, 9.17) is 0 Å². The van der Waals surface area contributed by atoms with E-state index in [1.165, 1.54) is 12.1 Å². The number of benzene rings is 1. The molecule has 0 heterocycles. The van der Waals surface area contributed by atoms with Crippen molar-refractivity contribution in [3.63, 3.8) is 0 Å². The molecule has 0 saturated heterocycles. The molecule has 14 heavy (non-hydrogen) atoms. The Kier molecular flexibility index (Phi) is 4.06. The van der Waals surface area contributed by atoms with E-state index in [1.807, 2.05) is 6.92 Å². The molecule has 0 aromatic heterocycles. The lowest BCUT2D eigenvalue weighted by Crippen LogP contribution is -2.07. The molecular formula is C9H12O4S. The summed E-state index contributed by atoms with van der Waals surface area (Å²) >= 11 is 0. The Hall–Kier alpha value is -0.910. The molecular weight excluding hydrogens is 204 g/mol. The molecule has 0 saturated carbocycles. The van der Waals surface area contributed by atoms with Gasteiger partial charge in [-0.2, -0.15) is 8.42 Å². The van der Waals surface area contributed by atoms with Crippen molar-refractivity contribution >= 4 is 10.1 Å². The van der Waals surface area contributed by atoms with E-state index < -0.39 is 10.1 Å². The first kappa shape index (κ1) is 11.2. The van der Waals surface area contributed by atoms with Gasteiger partial charge in [-0.15, -0.1) is 4.33 Å². The SMILES string of the molecule is CCCOOS(=O)(=O)c1ccccc1. The van der Waals surface area contributed by atoms with Crippen molar-refractivity contribution in [3.8, 4) is 0 Å². The van der Waals surface area contributed by atoms with Crippen LogP contribution in [-0.2, 0) is 19.3 Å². The summed E-state index contributed by atoms with van der Waals surface area (Å²) in [5.74, 6) is 0. The van der Waals surface area contributed by atoms with Gasteiger partial charge in [0.2, 0.25) is 0 Å². The van der Waals surface area contributed by atoms with Crippen molar-refractivity contribution in [3.05, 3.63) is 30.3 Å². The van der Waals surface area contributed by atoms with E-state index in [1.54, 1.807) is 18.2 Å². The van der Waals surface area contributed by atoms with Gasteiger partial charge in [0.15, 0.2) is 0 Å². The summed E-state index contributed by atoms with van der Waals surface area (Å²) < 4.78 is 27.0. The molecule has 0 aliphatic carbocycles. The van der Waals surface area contributed by atoms with Gasteiger partial charge in [0.25, 0.3) is 0 Å². The third-order valence-electron chi connectivity index (χ3n) is 1.46.